The Labute approximate surface area is 125 Å². The zero-order valence-corrected chi connectivity index (χ0v) is 12.6. The molecule has 4 nitrogen and oxygen atoms in total. The first-order valence-corrected chi connectivity index (χ1v) is 7.31. The van der Waals surface area contributed by atoms with Crippen molar-refractivity contribution in [3.8, 4) is 0 Å². The highest BCUT2D eigenvalue weighted by atomic mass is 35.5. The molecule has 1 rings (SSSR count). The number of carbonyl (C=O) groups excluding carboxylic acids is 1. The Bertz CT molecular complexity index is 447. The van der Waals surface area contributed by atoms with E-state index in [-0.39, 0.29) is 27.1 Å². The topological polar surface area (TPSA) is 83.5 Å². The Hall–Kier alpha value is -0.460. The molecule has 0 aliphatic heterocycles. The molecule has 0 saturated heterocycles. The van der Waals surface area contributed by atoms with Crippen LogP contribution in [0.4, 0.5) is 5.69 Å². The first kappa shape index (κ1) is 16.6. The van der Waals surface area contributed by atoms with Crippen LogP contribution in [0.1, 0.15) is 25.0 Å². The van der Waals surface area contributed by atoms with Crippen LogP contribution < -0.4 is 5.73 Å². The summed E-state index contributed by atoms with van der Waals surface area (Å²) in [4.78, 5) is 10.8. The summed E-state index contributed by atoms with van der Waals surface area (Å²) in [5.74, 6) is 0.414. The number of anilines is 1. The fourth-order valence-corrected chi connectivity index (χ4v) is 2.93. The SMILES string of the molecule is CC(=O)SCCC(O)C(O)c1c(Cl)cc(N)cc1Cl. The number of thioether (sulfide) groups is 1. The fraction of sp³-hybridized carbons (Fsp3) is 0.417. The maximum absolute atomic E-state index is 10.8. The van der Waals surface area contributed by atoms with Crippen molar-refractivity contribution in [3.63, 3.8) is 0 Å². The van der Waals surface area contributed by atoms with Crippen LogP contribution in [0.2, 0.25) is 10.0 Å². The number of carbonyl (C=O) groups is 1. The highest BCUT2D eigenvalue weighted by Crippen LogP contribution is 2.35. The van der Waals surface area contributed by atoms with Gasteiger partial charge in [-0.25, -0.2) is 0 Å². The highest BCUT2D eigenvalue weighted by molar-refractivity contribution is 8.13. The maximum atomic E-state index is 10.8. The van der Waals surface area contributed by atoms with Gasteiger partial charge in [0.2, 0.25) is 0 Å². The molecule has 0 saturated carbocycles. The van der Waals surface area contributed by atoms with Gasteiger partial charge in [0, 0.05) is 34.0 Å². The second-order valence-electron chi connectivity index (χ2n) is 4.04. The number of aliphatic hydroxyl groups excluding tert-OH is 2. The number of nitrogens with two attached hydrogens (primary N) is 1. The van der Waals surface area contributed by atoms with Gasteiger partial charge in [0.15, 0.2) is 5.12 Å². The number of nitrogen functional groups attached to an aromatic ring is 1. The Morgan fingerprint density at radius 3 is 2.37 bits per heavy atom. The van der Waals surface area contributed by atoms with Gasteiger partial charge in [-0.15, -0.1) is 0 Å². The lowest BCUT2D eigenvalue weighted by Crippen LogP contribution is -2.20. The van der Waals surface area contributed by atoms with Crippen LogP contribution in [0.15, 0.2) is 12.1 Å². The van der Waals surface area contributed by atoms with Crippen LogP contribution >= 0.6 is 35.0 Å². The Kier molecular flexibility index (Phi) is 6.42. The Morgan fingerprint density at radius 2 is 1.89 bits per heavy atom. The van der Waals surface area contributed by atoms with E-state index >= 15 is 0 Å². The molecular formula is C12H15Cl2NO3S. The van der Waals surface area contributed by atoms with E-state index in [9.17, 15) is 15.0 Å². The summed E-state index contributed by atoms with van der Waals surface area (Å²) < 4.78 is 0. The number of halogens is 2. The fourth-order valence-electron chi connectivity index (χ4n) is 1.56. The minimum atomic E-state index is -1.21. The van der Waals surface area contributed by atoms with E-state index in [0.717, 1.165) is 11.8 Å². The van der Waals surface area contributed by atoms with Gasteiger partial charge in [-0.2, -0.15) is 0 Å². The van der Waals surface area contributed by atoms with Crippen LogP contribution in [0.25, 0.3) is 0 Å². The number of rotatable bonds is 5. The summed E-state index contributed by atoms with van der Waals surface area (Å²) in [6.07, 6.45) is -2.01. The lowest BCUT2D eigenvalue weighted by atomic mass is 10.0. The molecule has 7 heteroatoms. The zero-order valence-electron chi connectivity index (χ0n) is 10.3. The molecular weight excluding hydrogens is 309 g/mol. The van der Waals surface area contributed by atoms with Crippen LogP contribution in [-0.4, -0.2) is 27.2 Å². The Balaban J connectivity index is 2.76. The molecule has 0 fully saturated rings. The molecule has 4 N–H and O–H groups in total. The normalized spacial score (nSPS) is 14.2. The largest absolute Gasteiger partial charge is 0.399 e. The summed E-state index contributed by atoms with van der Waals surface area (Å²) >= 11 is 13.0. The first-order chi connectivity index (χ1) is 8.82. The minimum Gasteiger partial charge on any atom is -0.399 e. The quantitative estimate of drug-likeness (QED) is 0.725. The highest BCUT2D eigenvalue weighted by Gasteiger charge is 2.23. The summed E-state index contributed by atoms with van der Waals surface area (Å²) in [7, 11) is 0. The molecule has 0 radical (unpaired) electrons. The van der Waals surface area contributed by atoms with Crippen molar-refractivity contribution in [1.29, 1.82) is 0 Å². The monoisotopic (exact) mass is 323 g/mol. The molecule has 0 bridgehead atoms. The summed E-state index contributed by atoms with van der Waals surface area (Å²) in [5, 5.41) is 20.3. The summed E-state index contributed by atoms with van der Waals surface area (Å²) in [6.45, 7) is 1.45. The average molecular weight is 324 g/mol. The lowest BCUT2D eigenvalue weighted by Gasteiger charge is -2.20. The van der Waals surface area contributed by atoms with E-state index in [1.54, 1.807) is 0 Å². The van der Waals surface area contributed by atoms with Crippen LogP contribution in [0, 0.1) is 0 Å². The predicted octanol–water partition coefficient (Wildman–Crippen LogP) is 2.64. The van der Waals surface area contributed by atoms with Gasteiger partial charge in [0.05, 0.1) is 6.10 Å². The number of aliphatic hydroxyl groups is 2. The van der Waals surface area contributed by atoms with E-state index in [1.807, 2.05) is 0 Å². The second kappa shape index (κ2) is 7.36. The molecule has 0 aromatic heterocycles. The predicted molar refractivity (Wildman–Crippen MR) is 79.6 cm³/mol. The molecule has 0 aliphatic carbocycles. The van der Waals surface area contributed by atoms with Crippen molar-refractivity contribution < 1.29 is 15.0 Å². The van der Waals surface area contributed by atoms with E-state index in [1.165, 1.54) is 19.1 Å². The number of hydrogen-bond acceptors (Lipinski definition) is 5. The van der Waals surface area contributed by atoms with Gasteiger partial charge in [-0.05, 0) is 18.6 Å². The van der Waals surface area contributed by atoms with E-state index in [2.05, 4.69) is 0 Å². The van der Waals surface area contributed by atoms with Gasteiger partial charge in [-0.3, -0.25) is 4.79 Å². The third kappa shape index (κ3) is 4.85. The lowest BCUT2D eigenvalue weighted by molar-refractivity contribution is -0.109. The van der Waals surface area contributed by atoms with Crippen molar-refractivity contribution in [1.82, 2.24) is 0 Å². The molecule has 106 valence electrons. The standard InChI is InChI=1S/C12H15Cl2NO3S/c1-6(16)19-3-2-10(17)12(18)11-8(13)4-7(15)5-9(11)14/h4-5,10,12,17-18H,2-3,15H2,1H3. The van der Waals surface area contributed by atoms with Crippen LogP contribution in [0.3, 0.4) is 0 Å². The van der Waals surface area contributed by atoms with E-state index in [4.69, 9.17) is 28.9 Å². The molecule has 1 aromatic rings. The van der Waals surface area contributed by atoms with Gasteiger partial charge < -0.3 is 15.9 Å². The zero-order chi connectivity index (χ0) is 14.6. The van der Waals surface area contributed by atoms with Crippen LogP contribution in [-0.2, 0) is 4.79 Å². The van der Waals surface area contributed by atoms with Gasteiger partial charge in [0.25, 0.3) is 0 Å². The van der Waals surface area contributed by atoms with Crippen molar-refractivity contribution >= 4 is 45.8 Å². The first-order valence-electron chi connectivity index (χ1n) is 5.56. The third-order valence-electron chi connectivity index (χ3n) is 2.48. The van der Waals surface area contributed by atoms with Gasteiger partial charge in [0.1, 0.15) is 6.10 Å². The summed E-state index contributed by atoms with van der Waals surface area (Å²) in [5.41, 5.74) is 6.19. The molecule has 2 unspecified atom stereocenters. The van der Waals surface area contributed by atoms with Crippen molar-refractivity contribution in [2.24, 2.45) is 0 Å². The maximum Gasteiger partial charge on any atom is 0.185 e. The van der Waals surface area contributed by atoms with Crippen molar-refractivity contribution in [3.05, 3.63) is 27.7 Å². The third-order valence-corrected chi connectivity index (χ3v) is 3.95. The number of benzene rings is 1. The van der Waals surface area contributed by atoms with Gasteiger partial charge >= 0.3 is 0 Å². The van der Waals surface area contributed by atoms with Crippen molar-refractivity contribution in [2.75, 3.05) is 11.5 Å². The van der Waals surface area contributed by atoms with E-state index in [0.29, 0.717) is 11.4 Å². The average Bonchev–Trinajstić information content (AvgIpc) is 2.26. The molecule has 0 amide bonds. The summed E-state index contributed by atoms with van der Waals surface area (Å²) in [6, 6.07) is 2.92. The van der Waals surface area contributed by atoms with Gasteiger partial charge in [-0.1, -0.05) is 35.0 Å². The molecule has 0 heterocycles. The molecule has 1 aromatic carbocycles. The number of hydrogen-bond donors (Lipinski definition) is 3. The molecule has 0 aliphatic rings. The van der Waals surface area contributed by atoms with E-state index < -0.39 is 12.2 Å². The molecule has 2 atom stereocenters. The molecule has 19 heavy (non-hydrogen) atoms. The smallest absolute Gasteiger partial charge is 0.185 e. The van der Waals surface area contributed by atoms with Crippen LogP contribution in [0.5, 0.6) is 0 Å². The Morgan fingerprint density at radius 1 is 1.37 bits per heavy atom. The van der Waals surface area contributed by atoms with Crippen molar-refractivity contribution in [2.45, 2.75) is 25.6 Å². The minimum absolute atomic E-state index is 0.0368. The molecule has 0 spiro atoms. The second-order valence-corrected chi connectivity index (χ2v) is 6.13.